The summed E-state index contributed by atoms with van der Waals surface area (Å²) in [6.07, 6.45) is 2.10. The first-order valence-electron chi connectivity index (χ1n) is 4.12. The zero-order valence-electron chi connectivity index (χ0n) is 6.96. The summed E-state index contributed by atoms with van der Waals surface area (Å²) in [4.78, 5) is 0. The number of halogens is 1. The monoisotopic (exact) mass is 228 g/mol. The molecule has 0 bridgehead atoms. The first-order valence-corrected chi connectivity index (χ1v) is 5.24. The second-order valence-electron chi connectivity index (χ2n) is 2.71. The van der Waals surface area contributed by atoms with Gasteiger partial charge in [0.05, 0.1) is 0 Å². The van der Waals surface area contributed by atoms with E-state index in [0.29, 0.717) is 6.61 Å². The number of aliphatic hydroxyl groups excluding tert-OH is 1. The number of hydrogen-bond acceptors (Lipinski definition) is 1. The largest absolute Gasteiger partial charge is 0.396 e. The van der Waals surface area contributed by atoms with E-state index in [-0.39, 0.29) is 0 Å². The standard InChI is InChI=1S/C7H6.C3H7BrO/c1-2-4-7-5-6(7)3-1;4-2-1-3-5/h1-4H,5H2;5H,1-3H2. The molecule has 0 amide bonds. The maximum Gasteiger partial charge on any atom is 0.0438 e. The first-order chi connectivity index (χ1) is 5.88. The van der Waals surface area contributed by atoms with Gasteiger partial charge in [-0.05, 0) is 24.0 Å². The maximum atomic E-state index is 8.04. The number of alkyl halides is 1. The predicted octanol–water partition coefficient (Wildman–Crippen LogP) is 2.35. The second kappa shape index (κ2) is 5.33. The van der Waals surface area contributed by atoms with Gasteiger partial charge in [0.25, 0.3) is 0 Å². The van der Waals surface area contributed by atoms with Crippen LogP contribution in [0.15, 0.2) is 24.3 Å². The molecule has 0 heterocycles. The predicted molar refractivity (Wildman–Crippen MR) is 54.7 cm³/mol. The SMILES string of the molecule is OCCCBr.c1ccc2c(c1)C2. The number of hydrogen-bond donors (Lipinski definition) is 1. The molecule has 12 heavy (non-hydrogen) atoms. The zero-order chi connectivity index (χ0) is 8.81. The van der Waals surface area contributed by atoms with Gasteiger partial charge in [-0.25, -0.2) is 0 Å². The van der Waals surface area contributed by atoms with E-state index in [1.807, 2.05) is 0 Å². The van der Waals surface area contributed by atoms with Crippen LogP contribution in [0, 0.1) is 0 Å². The van der Waals surface area contributed by atoms with E-state index in [2.05, 4.69) is 40.2 Å². The summed E-state index contributed by atoms with van der Waals surface area (Å²) >= 11 is 3.15. The lowest BCUT2D eigenvalue weighted by molar-refractivity contribution is 0.296. The van der Waals surface area contributed by atoms with Gasteiger partial charge in [-0.15, -0.1) is 0 Å². The summed E-state index contributed by atoms with van der Waals surface area (Å²) in [6, 6.07) is 8.53. The van der Waals surface area contributed by atoms with E-state index in [1.165, 1.54) is 17.5 Å². The Kier molecular flexibility index (Phi) is 4.33. The molecule has 1 aromatic carbocycles. The maximum absolute atomic E-state index is 8.04. The van der Waals surface area contributed by atoms with Crippen molar-refractivity contribution in [2.45, 2.75) is 12.8 Å². The number of rotatable bonds is 2. The third-order valence-electron chi connectivity index (χ3n) is 1.67. The van der Waals surface area contributed by atoms with Crippen LogP contribution in [-0.4, -0.2) is 17.0 Å². The minimum absolute atomic E-state index is 0.297. The molecule has 1 aliphatic rings. The summed E-state index contributed by atoms with van der Waals surface area (Å²) in [7, 11) is 0. The molecule has 1 nitrogen and oxygen atoms in total. The molecule has 1 aliphatic carbocycles. The molecule has 0 aliphatic heterocycles. The normalized spacial score (nSPS) is 11.2. The van der Waals surface area contributed by atoms with Crippen molar-refractivity contribution in [3.8, 4) is 0 Å². The molecule has 0 radical (unpaired) electrons. The average Bonchev–Trinajstić information content (AvgIpc) is 2.85. The van der Waals surface area contributed by atoms with Crippen LogP contribution >= 0.6 is 15.9 Å². The summed E-state index contributed by atoms with van der Waals surface area (Å²) in [5.41, 5.74) is 3.06. The van der Waals surface area contributed by atoms with Crippen LogP contribution in [0.5, 0.6) is 0 Å². The van der Waals surface area contributed by atoms with Gasteiger partial charge < -0.3 is 5.11 Å². The van der Waals surface area contributed by atoms with E-state index in [0.717, 1.165) is 11.8 Å². The Labute approximate surface area is 81.6 Å². The molecule has 2 rings (SSSR count). The summed E-state index contributed by atoms with van der Waals surface area (Å²) in [5, 5.41) is 8.94. The number of fused-ring (bicyclic) bond motifs is 1. The fourth-order valence-corrected chi connectivity index (χ4v) is 1.15. The summed E-state index contributed by atoms with van der Waals surface area (Å²) in [6.45, 7) is 0.297. The summed E-state index contributed by atoms with van der Waals surface area (Å²) in [5.74, 6) is 0. The van der Waals surface area contributed by atoms with Gasteiger partial charge >= 0.3 is 0 Å². The highest BCUT2D eigenvalue weighted by atomic mass is 79.9. The van der Waals surface area contributed by atoms with E-state index in [9.17, 15) is 0 Å². The molecule has 1 aromatic rings. The van der Waals surface area contributed by atoms with Gasteiger partial charge in [0.15, 0.2) is 0 Å². The van der Waals surface area contributed by atoms with Gasteiger partial charge in [-0.2, -0.15) is 0 Å². The fraction of sp³-hybridized carbons (Fsp3) is 0.400. The Morgan fingerprint density at radius 3 is 2.08 bits per heavy atom. The van der Waals surface area contributed by atoms with Crippen molar-refractivity contribution in [2.75, 3.05) is 11.9 Å². The molecule has 0 atom stereocenters. The highest BCUT2D eigenvalue weighted by molar-refractivity contribution is 9.09. The highest BCUT2D eigenvalue weighted by Gasteiger charge is 2.12. The van der Waals surface area contributed by atoms with E-state index < -0.39 is 0 Å². The van der Waals surface area contributed by atoms with Gasteiger partial charge in [0.2, 0.25) is 0 Å². The van der Waals surface area contributed by atoms with Crippen molar-refractivity contribution >= 4 is 15.9 Å². The van der Waals surface area contributed by atoms with E-state index in [4.69, 9.17) is 5.11 Å². The van der Waals surface area contributed by atoms with Crippen molar-refractivity contribution in [3.05, 3.63) is 35.4 Å². The molecule has 0 spiro atoms. The quantitative estimate of drug-likeness (QED) is 0.783. The molecular formula is C10H13BrO. The topological polar surface area (TPSA) is 20.2 Å². The van der Waals surface area contributed by atoms with Crippen molar-refractivity contribution in [3.63, 3.8) is 0 Å². The van der Waals surface area contributed by atoms with E-state index >= 15 is 0 Å². The first kappa shape index (κ1) is 9.75. The Hall–Kier alpha value is -0.340. The third-order valence-corrected chi connectivity index (χ3v) is 2.23. The zero-order valence-corrected chi connectivity index (χ0v) is 8.55. The molecule has 66 valence electrons. The van der Waals surface area contributed by atoms with Crippen molar-refractivity contribution in [2.24, 2.45) is 0 Å². The van der Waals surface area contributed by atoms with Crippen LogP contribution in [0.1, 0.15) is 17.5 Å². The molecule has 0 unspecified atom stereocenters. The molecule has 2 heteroatoms. The second-order valence-corrected chi connectivity index (χ2v) is 3.50. The van der Waals surface area contributed by atoms with E-state index in [1.54, 1.807) is 0 Å². The molecular weight excluding hydrogens is 216 g/mol. The smallest absolute Gasteiger partial charge is 0.0438 e. The van der Waals surface area contributed by atoms with Crippen LogP contribution in [0.3, 0.4) is 0 Å². The summed E-state index contributed by atoms with van der Waals surface area (Å²) < 4.78 is 0. The lowest BCUT2D eigenvalue weighted by Crippen LogP contribution is -1.78. The minimum atomic E-state index is 0.297. The molecule has 0 aromatic heterocycles. The van der Waals surface area contributed by atoms with Gasteiger partial charge in [0.1, 0.15) is 0 Å². The van der Waals surface area contributed by atoms with Crippen molar-refractivity contribution in [1.82, 2.24) is 0 Å². The minimum Gasteiger partial charge on any atom is -0.396 e. The van der Waals surface area contributed by atoms with Crippen LogP contribution < -0.4 is 0 Å². The lowest BCUT2D eigenvalue weighted by atomic mass is 10.4. The Morgan fingerprint density at radius 1 is 1.25 bits per heavy atom. The Bertz CT molecular complexity index is 212. The molecule has 0 saturated heterocycles. The van der Waals surface area contributed by atoms with Crippen LogP contribution in [0.4, 0.5) is 0 Å². The average molecular weight is 229 g/mol. The van der Waals surface area contributed by atoms with Crippen molar-refractivity contribution < 1.29 is 5.11 Å². The molecule has 1 N–H and O–H groups in total. The van der Waals surface area contributed by atoms with Gasteiger partial charge in [0, 0.05) is 11.9 Å². The van der Waals surface area contributed by atoms with Crippen LogP contribution in [0.2, 0.25) is 0 Å². The van der Waals surface area contributed by atoms with Crippen molar-refractivity contribution in [1.29, 1.82) is 0 Å². The Morgan fingerprint density at radius 2 is 1.83 bits per heavy atom. The van der Waals surface area contributed by atoms with Gasteiger partial charge in [-0.3, -0.25) is 0 Å². The van der Waals surface area contributed by atoms with Gasteiger partial charge in [-0.1, -0.05) is 40.2 Å². The lowest BCUT2D eigenvalue weighted by Gasteiger charge is -1.78. The number of benzene rings is 1. The molecule has 0 saturated carbocycles. The fourth-order valence-electron chi connectivity index (χ4n) is 0.896. The Balaban J connectivity index is 0.000000130. The van der Waals surface area contributed by atoms with Crippen LogP contribution in [-0.2, 0) is 6.42 Å². The number of aliphatic hydroxyl groups is 1. The third kappa shape index (κ3) is 3.37. The molecule has 0 fully saturated rings. The van der Waals surface area contributed by atoms with Crippen LogP contribution in [0.25, 0.3) is 0 Å². The highest BCUT2D eigenvalue weighted by Crippen LogP contribution is 2.25.